The van der Waals surface area contributed by atoms with Crippen LogP contribution in [-0.2, 0) is 16.6 Å². The minimum atomic E-state index is -0.283. The lowest BCUT2D eigenvalue weighted by molar-refractivity contribution is -0.927. The van der Waals surface area contributed by atoms with E-state index < -0.39 is 0 Å². The molecule has 2 aliphatic carbocycles. The van der Waals surface area contributed by atoms with Crippen LogP contribution < -0.4 is 9.47 Å². The smallest absolute Gasteiger partial charge is 0.174 e. The maximum absolute atomic E-state index is 12.7. The molecule has 0 radical (unpaired) electrons. The number of likely N-dealkylation sites (N-methyl/N-ethyl adjacent to an activating group) is 1. The molecule has 0 N–H and O–H groups in total. The number of piperidine rings is 1. The van der Waals surface area contributed by atoms with Crippen molar-refractivity contribution in [2.24, 2.45) is 5.92 Å². The van der Waals surface area contributed by atoms with E-state index in [1.807, 2.05) is 6.07 Å². The zero-order valence-corrected chi connectivity index (χ0v) is 14.1. The molecule has 0 aromatic heterocycles. The first-order valence-electron chi connectivity index (χ1n) is 8.71. The average Bonchev–Trinajstić information content (AvgIpc) is 2.88. The number of quaternary nitrogens is 1. The Kier molecular flexibility index (Phi) is 2.47. The van der Waals surface area contributed by atoms with Gasteiger partial charge in [0.15, 0.2) is 23.4 Å². The number of nitrogens with zero attached hydrogens (tertiary/aromatic N) is 1. The van der Waals surface area contributed by atoms with Crippen molar-refractivity contribution in [1.82, 2.24) is 0 Å². The highest BCUT2D eigenvalue weighted by molar-refractivity contribution is 5.89. The van der Waals surface area contributed by atoms with Gasteiger partial charge in [-0.2, -0.15) is 0 Å². The van der Waals surface area contributed by atoms with E-state index >= 15 is 0 Å². The Hall–Kier alpha value is -1.55. The van der Waals surface area contributed by atoms with Gasteiger partial charge in [0, 0.05) is 30.7 Å². The highest BCUT2D eigenvalue weighted by Crippen LogP contribution is 2.63. The first-order valence-corrected chi connectivity index (χ1v) is 8.71. The molecule has 4 unspecified atom stereocenters. The van der Waals surface area contributed by atoms with E-state index in [1.165, 1.54) is 11.1 Å². The summed E-state index contributed by atoms with van der Waals surface area (Å²) in [6.07, 6.45) is 3.54. The van der Waals surface area contributed by atoms with Crippen LogP contribution in [0.2, 0.25) is 0 Å². The third-order valence-electron chi connectivity index (χ3n) is 7.15. The number of rotatable bonds is 1. The number of methoxy groups -OCH3 is 1. The third kappa shape index (κ3) is 1.44. The van der Waals surface area contributed by atoms with Crippen LogP contribution in [0, 0.1) is 5.92 Å². The average molecular weight is 314 g/mol. The Morgan fingerprint density at radius 1 is 1.35 bits per heavy atom. The van der Waals surface area contributed by atoms with Gasteiger partial charge in [0.25, 0.3) is 0 Å². The fourth-order valence-corrected chi connectivity index (χ4v) is 6.05. The highest BCUT2D eigenvalue weighted by atomic mass is 16.5. The maximum atomic E-state index is 12.7. The largest absolute Gasteiger partial charge is 0.493 e. The summed E-state index contributed by atoms with van der Waals surface area (Å²) in [4.78, 5) is 12.7. The summed E-state index contributed by atoms with van der Waals surface area (Å²) in [7, 11) is 6.40. The molecule has 1 aromatic rings. The van der Waals surface area contributed by atoms with Gasteiger partial charge in [-0.15, -0.1) is 0 Å². The van der Waals surface area contributed by atoms with Gasteiger partial charge in [-0.05, 0) is 18.1 Å². The first kappa shape index (κ1) is 13.8. The van der Waals surface area contributed by atoms with Gasteiger partial charge in [0.2, 0.25) is 0 Å². The molecular weight excluding hydrogens is 290 g/mol. The Balaban J connectivity index is 1.81. The van der Waals surface area contributed by atoms with Crippen LogP contribution in [0.3, 0.4) is 0 Å². The van der Waals surface area contributed by atoms with Gasteiger partial charge < -0.3 is 14.0 Å². The van der Waals surface area contributed by atoms with Crippen LogP contribution >= 0.6 is 0 Å². The molecule has 0 amide bonds. The monoisotopic (exact) mass is 314 g/mol. The number of carbonyl (C=O) groups excluding carboxylic acids is 1. The second-order valence-corrected chi connectivity index (χ2v) is 8.30. The van der Waals surface area contributed by atoms with Crippen molar-refractivity contribution in [3.63, 3.8) is 0 Å². The Morgan fingerprint density at radius 2 is 2.17 bits per heavy atom. The molecular formula is C19H24NO3+. The second kappa shape index (κ2) is 4.10. The molecule has 1 spiro atoms. The van der Waals surface area contributed by atoms with Crippen LogP contribution in [0.25, 0.3) is 0 Å². The molecule has 1 saturated heterocycles. The zero-order valence-electron chi connectivity index (χ0n) is 14.1. The molecule has 122 valence electrons. The summed E-state index contributed by atoms with van der Waals surface area (Å²) >= 11 is 0. The van der Waals surface area contributed by atoms with Crippen LogP contribution in [0.15, 0.2) is 12.1 Å². The number of carbonyl (C=O) groups is 1. The van der Waals surface area contributed by atoms with E-state index in [2.05, 4.69) is 20.2 Å². The van der Waals surface area contributed by atoms with Crippen molar-refractivity contribution in [3.8, 4) is 11.5 Å². The van der Waals surface area contributed by atoms with E-state index in [4.69, 9.17) is 9.47 Å². The fraction of sp³-hybridized carbons (Fsp3) is 0.632. The number of benzene rings is 1. The van der Waals surface area contributed by atoms with E-state index in [-0.39, 0.29) is 11.5 Å². The molecule has 2 fully saturated rings. The third-order valence-corrected chi connectivity index (χ3v) is 7.15. The van der Waals surface area contributed by atoms with Gasteiger partial charge >= 0.3 is 0 Å². The summed E-state index contributed by atoms with van der Waals surface area (Å²) in [5.41, 5.74) is 2.60. The van der Waals surface area contributed by atoms with Crippen molar-refractivity contribution < 1.29 is 18.8 Å². The molecule has 1 aromatic carbocycles. The van der Waals surface area contributed by atoms with Crippen LogP contribution in [0.1, 0.15) is 30.4 Å². The Bertz CT molecular complexity index is 726. The summed E-state index contributed by atoms with van der Waals surface area (Å²) in [6, 6.07) is 4.82. The first-order chi connectivity index (χ1) is 11.0. The number of ketones is 1. The fourth-order valence-electron chi connectivity index (χ4n) is 6.05. The van der Waals surface area contributed by atoms with Crippen molar-refractivity contribution in [2.45, 2.75) is 43.2 Å². The van der Waals surface area contributed by atoms with Crippen molar-refractivity contribution in [2.75, 3.05) is 27.7 Å². The molecule has 5 rings (SSSR count). The molecule has 2 aliphatic heterocycles. The Labute approximate surface area is 137 Å². The lowest BCUT2D eigenvalue weighted by Crippen LogP contribution is -2.70. The van der Waals surface area contributed by atoms with Gasteiger partial charge in [-0.25, -0.2) is 0 Å². The lowest BCUT2D eigenvalue weighted by Gasteiger charge is -2.59. The second-order valence-electron chi connectivity index (χ2n) is 8.30. The summed E-state index contributed by atoms with van der Waals surface area (Å²) < 4.78 is 12.9. The van der Waals surface area contributed by atoms with Crippen LogP contribution in [0.5, 0.6) is 11.5 Å². The molecule has 4 aliphatic rings. The Morgan fingerprint density at radius 3 is 2.96 bits per heavy atom. The van der Waals surface area contributed by atoms with E-state index in [0.29, 0.717) is 24.2 Å². The van der Waals surface area contributed by atoms with Gasteiger partial charge in [-0.3, -0.25) is 4.79 Å². The summed E-state index contributed by atoms with van der Waals surface area (Å²) in [5, 5.41) is 0. The number of ether oxygens (including phenoxy) is 2. The molecule has 4 atom stereocenters. The molecule has 4 heteroatoms. The molecule has 2 heterocycles. The minimum Gasteiger partial charge on any atom is -0.493 e. The molecule has 2 bridgehead atoms. The number of Topliss-reactive ketones (excluding diaryl/α,β-unsaturated/α-hetero) is 1. The highest BCUT2D eigenvalue weighted by Gasteiger charge is 2.68. The lowest BCUT2D eigenvalue weighted by atomic mass is 9.51. The molecule has 23 heavy (non-hydrogen) atoms. The number of hydrogen-bond acceptors (Lipinski definition) is 3. The SMILES string of the molecule is COc1ccc2c3c1OC1C(=O)CCC4C(C2)[N+](C)(C)CCC314. The standard InChI is InChI=1S/C19H24NO3/c1-20(2)9-8-19-12-5-6-14(21)18(19)23-17-15(22-3)7-4-11(16(17)19)10-13(12)20/h4,7,12-13,18H,5-6,8-10H2,1-3H3/q+1. The predicted octanol–water partition coefficient (Wildman–Crippen LogP) is 2.08. The quantitative estimate of drug-likeness (QED) is 0.745. The van der Waals surface area contributed by atoms with Gasteiger partial charge in [0.05, 0.1) is 39.2 Å². The van der Waals surface area contributed by atoms with Gasteiger partial charge in [0.1, 0.15) is 0 Å². The van der Waals surface area contributed by atoms with E-state index in [0.717, 1.165) is 41.8 Å². The molecule has 4 nitrogen and oxygen atoms in total. The van der Waals surface area contributed by atoms with Crippen LogP contribution in [-0.4, -0.2) is 50.2 Å². The van der Waals surface area contributed by atoms with E-state index in [9.17, 15) is 4.79 Å². The van der Waals surface area contributed by atoms with Crippen molar-refractivity contribution in [3.05, 3.63) is 23.3 Å². The topological polar surface area (TPSA) is 35.5 Å². The van der Waals surface area contributed by atoms with Crippen LogP contribution in [0.4, 0.5) is 0 Å². The van der Waals surface area contributed by atoms with Crippen molar-refractivity contribution in [1.29, 1.82) is 0 Å². The maximum Gasteiger partial charge on any atom is 0.174 e. The van der Waals surface area contributed by atoms with E-state index in [1.54, 1.807) is 7.11 Å². The zero-order chi connectivity index (χ0) is 16.0. The summed E-state index contributed by atoms with van der Waals surface area (Å²) in [6.45, 7) is 1.12. The number of hydrogen-bond donors (Lipinski definition) is 0. The number of likely N-dealkylation sites (tertiary alicyclic amines) is 1. The van der Waals surface area contributed by atoms with Crippen molar-refractivity contribution >= 4 is 5.78 Å². The normalized spacial score (nSPS) is 38.7. The van der Waals surface area contributed by atoms with Gasteiger partial charge in [-0.1, -0.05) is 6.07 Å². The predicted molar refractivity (Wildman–Crippen MR) is 85.9 cm³/mol. The molecule has 1 saturated carbocycles. The minimum absolute atomic E-state index is 0.0920. The summed E-state index contributed by atoms with van der Waals surface area (Å²) in [5.74, 6) is 2.49.